The van der Waals surface area contributed by atoms with Gasteiger partial charge in [0.1, 0.15) is 6.07 Å². The zero-order valence-electron chi connectivity index (χ0n) is 12.3. The molecular weight excluding hydrogens is 288 g/mol. The van der Waals surface area contributed by atoms with Gasteiger partial charge in [-0.15, -0.1) is 0 Å². The molecule has 0 atom stereocenters. The van der Waals surface area contributed by atoms with E-state index in [0.717, 1.165) is 5.56 Å². The molecule has 23 heavy (non-hydrogen) atoms. The third kappa shape index (κ3) is 3.27. The largest absolute Gasteiger partial charge is 0.312 e. The van der Waals surface area contributed by atoms with Crippen LogP contribution in [0.1, 0.15) is 21.6 Å². The normalized spacial score (nSPS) is 10.0. The third-order valence-corrected chi connectivity index (χ3v) is 3.41. The number of carbonyl (C=O) groups excluding carboxylic acids is 1. The predicted molar refractivity (Wildman–Crippen MR) is 86.9 cm³/mol. The number of amides is 1. The number of anilines is 1. The monoisotopic (exact) mass is 302 g/mol. The van der Waals surface area contributed by atoms with Gasteiger partial charge in [-0.3, -0.25) is 4.79 Å². The maximum Gasteiger partial charge on any atom is 0.256 e. The summed E-state index contributed by atoms with van der Waals surface area (Å²) in [7, 11) is 0. The van der Waals surface area contributed by atoms with Crippen molar-refractivity contribution >= 4 is 11.7 Å². The molecule has 2 aromatic carbocycles. The van der Waals surface area contributed by atoms with Crippen molar-refractivity contribution in [2.24, 2.45) is 0 Å². The fraction of sp³-hybridized carbons (Fsp3) is 0.0556. The van der Waals surface area contributed by atoms with E-state index in [1.165, 1.54) is 0 Å². The quantitative estimate of drug-likeness (QED) is 0.805. The van der Waals surface area contributed by atoms with Crippen molar-refractivity contribution in [1.29, 1.82) is 5.26 Å². The summed E-state index contributed by atoms with van der Waals surface area (Å²) in [6.07, 6.45) is 1.56. The molecule has 5 nitrogen and oxygen atoms in total. The van der Waals surface area contributed by atoms with Gasteiger partial charge >= 0.3 is 0 Å². The van der Waals surface area contributed by atoms with Crippen LogP contribution in [0.2, 0.25) is 0 Å². The van der Waals surface area contributed by atoms with Gasteiger partial charge in [0.25, 0.3) is 5.91 Å². The fourth-order valence-corrected chi connectivity index (χ4v) is 2.26. The lowest BCUT2D eigenvalue weighted by molar-refractivity contribution is 0.102. The van der Waals surface area contributed by atoms with Crippen LogP contribution in [0.5, 0.6) is 0 Å². The average molecular weight is 302 g/mol. The van der Waals surface area contributed by atoms with Gasteiger partial charge in [0.15, 0.2) is 11.5 Å². The van der Waals surface area contributed by atoms with Crippen LogP contribution in [-0.2, 0) is 6.54 Å². The van der Waals surface area contributed by atoms with E-state index in [0.29, 0.717) is 17.9 Å². The molecule has 1 amide bonds. The molecule has 0 unspecified atom stereocenters. The summed E-state index contributed by atoms with van der Waals surface area (Å²) in [5, 5.41) is 12.0. The Labute approximate surface area is 133 Å². The highest BCUT2D eigenvalue weighted by molar-refractivity contribution is 6.04. The van der Waals surface area contributed by atoms with E-state index < -0.39 is 0 Å². The maximum absolute atomic E-state index is 12.3. The number of aromatic nitrogens is 2. The van der Waals surface area contributed by atoms with Crippen molar-refractivity contribution in [3.63, 3.8) is 0 Å². The standard InChI is InChI=1S/C18H14N4O/c19-11-16-17(21-18(23)15-9-5-2-6-10-15)22(13-20-16)12-14-7-3-1-4-8-14/h1-10,13H,12H2,(H,21,23). The highest BCUT2D eigenvalue weighted by Gasteiger charge is 2.15. The third-order valence-electron chi connectivity index (χ3n) is 3.41. The van der Waals surface area contributed by atoms with Crippen LogP contribution in [0.25, 0.3) is 0 Å². The summed E-state index contributed by atoms with van der Waals surface area (Å²) in [6.45, 7) is 0.528. The molecule has 0 spiro atoms. The molecule has 0 aliphatic carbocycles. The average Bonchev–Trinajstić information content (AvgIpc) is 2.98. The van der Waals surface area contributed by atoms with Gasteiger partial charge in [0.05, 0.1) is 12.9 Å². The van der Waals surface area contributed by atoms with Crippen molar-refractivity contribution in [1.82, 2.24) is 9.55 Å². The zero-order valence-corrected chi connectivity index (χ0v) is 12.3. The molecule has 1 aromatic heterocycles. The molecule has 0 bridgehead atoms. The minimum Gasteiger partial charge on any atom is -0.312 e. The SMILES string of the molecule is N#Cc1ncn(Cc2ccccc2)c1NC(=O)c1ccccc1. The Morgan fingerprint density at radius 2 is 1.74 bits per heavy atom. The van der Waals surface area contributed by atoms with Gasteiger partial charge in [-0.05, 0) is 17.7 Å². The lowest BCUT2D eigenvalue weighted by atomic mass is 10.2. The van der Waals surface area contributed by atoms with Crippen LogP contribution in [0.4, 0.5) is 5.82 Å². The van der Waals surface area contributed by atoms with Crippen molar-refractivity contribution < 1.29 is 4.79 Å². The van der Waals surface area contributed by atoms with Crippen LogP contribution in [-0.4, -0.2) is 15.5 Å². The topological polar surface area (TPSA) is 70.7 Å². The molecular formula is C18H14N4O. The van der Waals surface area contributed by atoms with Crippen molar-refractivity contribution in [3.8, 4) is 6.07 Å². The minimum absolute atomic E-state index is 0.199. The van der Waals surface area contributed by atoms with Gasteiger partial charge < -0.3 is 9.88 Å². The van der Waals surface area contributed by atoms with Gasteiger partial charge in [0, 0.05) is 5.56 Å². The number of rotatable bonds is 4. The lowest BCUT2D eigenvalue weighted by Gasteiger charge is -2.10. The first-order valence-corrected chi connectivity index (χ1v) is 7.13. The molecule has 3 aromatic rings. The summed E-state index contributed by atoms with van der Waals surface area (Å²) >= 11 is 0. The molecule has 0 saturated heterocycles. The van der Waals surface area contributed by atoms with E-state index in [4.69, 9.17) is 0 Å². The van der Waals surface area contributed by atoms with Crippen molar-refractivity contribution in [2.75, 3.05) is 5.32 Å². The Morgan fingerprint density at radius 3 is 2.39 bits per heavy atom. The molecule has 0 fully saturated rings. The minimum atomic E-state index is -0.267. The first-order chi connectivity index (χ1) is 11.3. The summed E-state index contributed by atoms with van der Waals surface area (Å²) in [5.74, 6) is 0.141. The van der Waals surface area contributed by atoms with E-state index in [2.05, 4.69) is 10.3 Å². The van der Waals surface area contributed by atoms with E-state index in [1.807, 2.05) is 42.5 Å². The van der Waals surface area contributed by atoms with E-state index >= 15 is 0 Å². The molecule has 1 N–H and O–H groups in total. The number of nitrogens with one attached hydrogen (secondary N) is 1. The Hall–Kier alpha value is -3.39. The molecule has 5 heteroatoms. The summed E-state index contributed by atoms with van der Waals surface area (Å²) in [6, 6.07) is 20.7. The van der Waals surface area contributed by atoms with E-state index in [-0.39, 0.29) is 11.6 Å². The van der Waals surface area contributed by atoms with E-state index in [9.17, 15) is 10.1 Å². The number of nitrogens with zero attached hydrogens (tertiary/aromatic N) is 3. The first kappa shape index (κ1) is 14.5. The molecule has 0 radical (unpaired) electrons. The first-order valence-electron chi connectivity index (χ1n) is 7.13. The summed E-state index contributed by atoms with van der Waals surface area (Å²) in [4.78, 5) is 16.4. The Morgan fingerprint density at radius 1 is 1.09 bits per heavy atom. The predicted octanol–water partition coefficient (Wildman–Crippen LogP) is 3.06. The second kappa shape index (κ2) is 6.58. The van der Waals surface area contributed by atoms with Crippen molar-refractivity contribution in [3.05, 3.63) is 83.8 Å². The maximum atomic E-state index is 12.3. The number of imidazole rings is 1. The number of benzene rings is 2. The Kier molecular flexibility index (Phi) is 4.16. The van der Waals surface area contributed by atoms with Crippen LogP contribution in [0, 0.1) is 11.3 Å². The smallest absolute Gasteiger partial charge is 0.256 e. The number of hydrogen-bond donors (Lipinski definition) is 1. The number of nitriles is 1. The van der Waals surface area contributed by atoms with Gasteiger partial charge in [-0.2, -0.15) is 5.26 Å². The van der Waals surface area contributed by atoms with Crippen LogP contribution in [0.15, 0.2) is 67.0 Å². The van der Waals surface area contributed by atoms with E-state index in [1.54, 1.807) is 35.2 Å². The summed E-state index contributed by atoms with van der Waals surface area (Å²) in [5.41, 5.74) is 1.79. The highest BCUT2D eigenvalue weighted by atomic mass is 16.1. The van der Waals surface area contributed by atoms with Crippen LogP contribution in [0.3, 0.4) is 0 Å². The fourth-order valence-electron chi connectivity index (χ4n) is 2.26. The van der Waals surface area contributed by atoms with Crippen LogP contribution >= 0.6 is 0 Å². The van der Waals surface area contributed by atoms with Gasteiger partial charge in [-0.1, -0.05) is 48.5 Å². The highest BCUT2D eigenvalue weighted by Crippen LogP contribution is 2.17. The van der Waals surface area contributed by atoms with Gasteiger partial charge in [-0.25, -0.2) is 4.98 Å². The molecule has 0 aliphatic heterocycles. The molecule has 112 valence electrons. The molecule has 0 aliphatic rings. The second-order valence-corrected chi connectivity index (χ2v) is 4.99. The Balaban J connectivity index is 1.88. The Bertz CT molecular complexity index is 848. The molecule has 3 rings (SSSR count). The lowest BCUT2D eigenvalue weighted by Crippen LogP contribution is -2.16. The van der Waals surface area contributed by atoms with Crippen LogP contribution < -0.4 is 5.32 Å². The number of hydrogen-bond acceptors (Lipinski definition) is 3. The second-order valence-electron chi connectivity index (χ2n) is 4.99. The zero-order chi connectivity index (χ0) is 16.1. The van der Waals surface area contributed by atoms with Gasteiger partial charge in [0.2, 0.25) is 0 Å². The molecule has 0 saturated carbocycles. The number of carbonyl (C=O) groups is 1. The summed E-state index contributed by atoms with van der Waals surface area (Å²) < 4.78 is 1.76. The van der Waals surface area contributed by atoms with Crippen molar-refractivity contribution in [2.45, 2.75) is 6.54 Å². The molecule has 1 heterocycles.